The number of ketones is 1. The third-order valence-corrected chi connectivity index (χ3v) is 3.51. The molecule has 3 heteroatoms. The van der Waals surface area contributed by atoms with Gasteiger partial charge in [-0.2, -0.15) is 0 Å². The first-order chi connectivity index (χ1) is 5.33. The van der Waals surface area contributed by atoms with E-state index < -0.39 is 0 Å². The molecule has 3 heterocycles. The van der Waals surface area contributed by atoms with Gasteiger partial charge in [0.25, 0.3) is 0 Å². The van der Waals surface area contributed by atoms with Gasteiger partial charge in [-0.1, -0.05) is 0 Å². The molecule has 0 aromatic heterocycles. The molecule has 0 aromatic rings. The maximum absolute atomic E-state index is 11.5. The zero-order chi connectivity index (χ0) is 7.42. The van der Waals surface area contributed by atoms with E-state index in [1.807, 2.05) is 0 Å². The van der Waals surface area contributed by atoms with Gasteiger partial charge in [-0.3, -0.25) is 4.79 Å². The van der Waals surface area contributed by atoms with Gasteiger partial charge in [-0.15, -0.1) is 0 Å². The summed E-state index contributed by atoms with van der Waals surface area (Å²) in [4.78, 5) is 14.0. The SMILES string of the molecule is O=C1C2CC3CC1CN(C3)C2.[B]. The first-order valence-electron chi connectivity index (χ1n) is 4.59. The van der Waals surface area contributed by atoms with Crippen molar-refractivity contribution in [2.75, 3.05) is 19.6 Å². The van der Waals surface area contributed by atoms with Gasteiger partial charge in [-0.05, 0) is 18.8 Å². The average molecular weight is 162 g/mol. The molecule has 2 nitrogen and oxygen atoms in total. The lowest BCUT2D eigenvalue weighted by Crippen LogP contribution is -2.58. The van der Waals surface area contributed by atoms with Crippen molar-refractivity contribution in [1.82, 2.24) is 4.90 Å². The Labute approximate surface area is 74.9 Å². The zero-order valence-corrected chi connectivity index (χ0v) is 7.20. The van der Waals surface area contributed by atoms with E-state index in [-0.39, 0.29) is 8.41 Å². The minimum absolute atomic E-state index is 0. The van der Waals surface area contributed by atoms with Crippen molar-refractivity contribution in [1.29, 1.82) is 0 Å². The summed E-state index contributed by atoms with van der Waals surface area (Å²) >= 11 is 0. The van der Waals surface area contributed by atoms with Crippen LogP contribution in [0.2, 0.25) is 0 Å². The molecule has 4 aliphatic rings. The van der Waals surface area contributed by atoms with Crippen LogP contribution in [0.3, 0.4) is 0 Å². The third kappa shape index (κ3) is 0.956. The highest BCUT2D eigenvalue weighted by Gasteiger charge is 2.46. The van der Waals surface area contributed by atoms with Crippen molar-refractivity contribution in [3.63, 3.8) is 0 Å². The Kier molecular flexibility index (Phi) is 1.79. The number of piperidine rings is 3. The van der Waals surface area contributed by atoms with E-state index in [0.717, 1.165) is 19.0 Å². The van der Waals surface area contributed by atoms with Crippen LogP contribution >= 0.6 is 0 Å². The Morgan fingerprint density at radius 2 is 1.67 bits per heavy atom. The molecule has 1 saturated carbocycles. The summed E-state index contributed by atoms with van der Waals surface area (Å²) < 4.78 is 0. The number of hydrogen-bond acceptors (Lipinski definition) is 2. The smallest absolute Gasteiger partial charge is 0.141 e. The fourth-order valence-electron chi connectivity index (χ4n) is 3.16. The molecule has 4 bridgehead atoms. The number of Topliss-reactive ketones (excluding diaryl/α,β-unsaturated/α-hetero) is 1. The Morgan fingerprint density at radius 1 is 1.08 bits per heavy atom. The third-order valence-electron chi connectivity index (χ3n) is 3.51. The summed E-state index contributed by atoms with van der Waals surface area (Å²) in [6.45, 7) is 3.43. The second-order valence-corrected chi connectivity index (χ2v) is 4.35. The fraction of sp³-hybridized carbons (Fsp3) is 0.889. The zero-order valence-electron chi connectivity index (χ0n) is 7.20. The summed E-state index contributed by atoms with van der Waals surface area (Å²) in [6, 6.07) is 0. The van der Waals surface area contributed by atoms with Crippen LogP contribution in [0.15, 0.2) is 0 Å². The number of carbonyl (C=O) groups excluding carboxylic acids is 1. The molecule has 0 amide bonds. The van der Waals surface area contributed by atoms with Crippen molar-refractivity contribution in [2.45, 2.75) is 12.8 Å². The van der Waals surface area contributed by atoms with Gasteiger partial charge in [-0.25, -0.2) is 0 Å². The molecule has 0 aromatic carbocycles. The molecule has 0 spiro atoms. The van der Waals surface area contributed by atoms with Crippen molar-refractivity contribution in [3.8, 4) is 0 Å². The second-order valence-electron chi connectivity index (χ2n) is 4.35. The molecule has 3 radical (unpaired) electrons. The molecular formula is C9H13BNO. The van der Waals surface area contributed by atoms with E-state index in [1.54, 1.807) is 0 Å². The molecule has 63 valence electrons. The van der Waals surface area contributed by atoms with E-state index in [1.165, 1.54) is 19.4 Å². The van der Waals surface area contributed by atoms with Crippen molar-refractivity contribution >= 4 is 14.2 Å². The Morgan fingerprint density at radius 3 is 2.17 bits per heavy atom. The van der Waals surface area contributed by atoms with E-state index in [0.29, 0.717) is 17.6 Å². The van der Waals surface area contributed by atoms with Gasteiger partial charge in [0, 0.05) is 39.9 Å². The lowest BCUT2D eigenvalue weighted by atomic mass is 9.67. The number of hydrogen-bond donors (Lipinski definition) is 0. The van der Waals surface area contributed by atoms with Crippen molar-refractivity contribution in [2.24, 2.45) is 17.8 Å². The van der Waals surface area contributed by atoms with Gasteiger partial charge < -0.3 is 4.90 Å². The number of nitrogens with zero attached hydrogens (tertiary/aromatic N) is 1. The predicted molar refractivity (Wildman–Crippen MR) is 46.9 cm³/mol. The van der Waals surface area contributed by atoms with E-state index >= 15 is 0 Å². The molecule has 3 saturated heterocycles. The maximum atomic E-state index is 11.5. The van der Waals surface area contributed by atoms with E-state index in [9.17, 15) is 4.79 Å². The predicted octanol–water partition coefficient (Wildman–Crippen LogP) is 0.146. The van der Waals surface area contributed by atoms with Gasteiger partial charge >= 0.3 is 0 Å². The van der Waals surface area contributed by atoms with Crippen LogP contribution in [0.5, 0.6) is 0 Å². The summed E-state index contributed by atoms with van der Waals surface area (Å²) in [5, 5.41) is 0. The van der Waals surface area contributed by atoms with Crippen LogP contribution in [0.25, 0.3) is 0 Å². The first-order valence-corrected chi connectivity index (χ1v) is 4.59. The minimum Gasteiger partial charge on any atom is -0.302 e. The summed E-state index contributed by atoms with van der Waals surface area (Å²) in [5.41, 5.74) is 0. The van der Waals surface area contributed by atoms with Crippen LogP contribution in [0, 0.1) is 17.8 Å². The van der Waals surface area contributed by atoms with Crippen molar-refractivity contribution in [3.05, 3.63) is 0 Å². The quantitative estimate of drug-likeness (QED) is 0.472. The van der Waals surface area contributed by atoms with Crippen molar-refractivity contribution < 1.29 is 4.79 Å². The van der Waals surface area contributed by atoms with Crippen LogP contribution < -0.4 is 0 Å². The molecule has 4 rings (SSSR count). The van der Waals surface area contributed by atoms with Crippen LogP contribution in [-0.2, 0) is 4.79 Å². The summed E-state index contributed by atoms with van der Waals surface area (Å²) in [5.74, 6) is 2.31. The lowest BCUT2D eigenvalue weighted by Gasteiger charge is -2.50. The molecule has 2 unspecified atom stereocenters. The molecule has 4 fully saturated rings. The monoisotopic (exact) mass is 162 g/mol. The number of carbonyl (C=O) groups is 1. The second kappa shape index (κ2) is 2.59. The molecule has 3 aliphatic heterocycles. The topological polar surface area (TPSA) is 20.3 Å². The molecule has 2 atom stereocenters. The molecule has 0 N–H and O–H groups in total. The van der Waals surface area contributed by atoms with Gasteiger partial charge in [0.05, 0.1) is 0 Å². The largest absolute Gasteiger partial charge is 0.302 e. The highest BCUT2D eigenvalue weighted by Crippen LogP contribution is 2.40. The Balaban J connectivity index is 0.000000563. The van der Waals surface area contributed by atoms with Crippen LogP contribution in [0.4, 0.5) is 0 Å². The average Bonchev–Trinajstić information content (AvgIpc) is 1.98. The highest BCUT2D eigenvalue weighted by atomic mass is 16.1. The standard InChI is InChI=1S/C9H13NO.B/c11-9-7-1-6-2-8(9)5-10(3-6)4-7;/h6-8H,1-5H2;. The molecule has 12 heavy (non-hydrogen) atoms. The van der Waals surface area contributed by atoms with E-state index in [2.05, 4.69) is 4.90 Å². The van der Waals surface area contributed by atoms with Crippen LogP contribution in [0.1, 0.15) is 12.8 Å². The number of rotatable bonds is 0. The normalized spacial score (nSPS) is 49.2. The van der Waals surface area contributed by atoms with Gasteiger partial charge in [0.2, 0.25) is 0 Å². The summed E-state index contributed by atoms with van der Waals surface area (Å²) in [7, 11) is 0. The first kappa shape index (κ1) is 8.30. The van der Waals surface area contributed by atoms with E-state index in [4.69, 9.17) is 0 Å². The van der Waals surface area contributed by atoms with Gasteiger partial charge in [0.1, 0.15) is 5.78 Å². The van der Waals surface area contributed by atoms with Gasteiger partial charge in [0.15, 0.2) is 0 Å². The maximum Gasteiger partial charge on any atom is 0.141 e. The molecule has 1 aliphatic carbocycles. The fourth-order valence-corrected chi connectivity index (χ4v) is 3.16. The molecular weight excluding hydrogens is 149 g/mol. The van der Waals surface area contributed by atoms with Crippen LogP contribution in [-0.4, -0.2) is 38.7 Å². The Hall–Kier alpha value is -0.305. The highest BCUT2D eigenvalue weighted by molar-refractivity contribution is 5.85. The minimum atomic E-state index is 0. The Bertz CT molecular complexity index is 187. The summed E-state index contributed by atoms with van der Waals surface area (Å²) in [6.07, 6.45) is 2.40. The lowest BCUT2D eigenvalue weighted by molar-refractivity contribution is -0.142.